The van der Waals surface area contributed by atoms with E-state index in [1.165, 1.54) is 7.11 Å². The van der Waals surface area contributed by atoms with Crippen molar-refractivity contribution in [2.45, 2.75) is 6.92 Å². The fourth-order valence-electron chi connectivity index (χ4n) is 1.59. The van der Waals surface area contributed by atoms with E-state index in [4.69, 9.17) is 0 Å². The zero-order chi connectivity index (χ0) is 11.7. The highest BCUT2D eigenvalue weighted by molar-refractivity contribution is 9.10. The molecule has 4 heteroatoms. The van der Waals surface area contributed by atoms with Crippen LogP contribution < -0.4 is 0 Å². The maximum absolute atomic E-state index is 11.3. The molecule has 0 saturated heterocycles. The number of nitrogens with zero attached hydrogens (tertiary/aromatic N) is 1. The van der Waals surface area contributed by atoms with Gasteiger partial charge in [-0.05, 0) is 30.7 Å². The van der Waals surface area contributed by atoms with Gasteiger partial charge < -0.3 is 4.74 Å². The van der Waals surface area contributed by atoms with Gasteiger partial charge in [0.05, 0.1) is 12.6 Å². The molecule has 0 aliphatic heterocycles. The summed E-state index contributed by atoms with van der Waals surface area (Å²) < 4.78 is 5.64. The molecular formula is C12H10BrNO2. The van der Waals surface area contributed by atoms with Crippen molar-refractivity contribution in [2.75, 3.05) is 7.11 Å². The molecule has 1 aromatic carbocycles. The van der Waals surface area contributed by atoms with Crippen molar-refractivity contribution in [1.82, 2.24) is 4.98 Å². The number of methoxy groups -OCH3 is 1. The maximum atomic E-state index is 11.3. The van der Waals surface area contributed by atoms with Crippen molar-refractivity contribution >= 4 is 32.8 Å². The lowest BCUT2D eigenvalue weighted by molar-refractivity contribution is 0.0594. The first kappa shape index (κ1) is 11.1. The van der Waals surface area contributed by atoms with Crippen molar-refractivity contribution in [3.05, 3.63) is 40.0 Å². The highest BCUT2D eigenvalue weighted by Gasteiger charge is 2.09. The Morgan fingerprint density at radius 1 is 1.38 bits per heavy atom. The normalized spacial score (nSPS) is 10.4. The summed E-state index contributed by atoms with van der Waals surface area (Å²) in [6.45, 7) is 1.96. The Kier molecular flexibility index (Phi) is 2.92. The van der Waals surface area contributed by atoms with E-state index < -0.39 is 5.97 Å². The minimum atomic E-state index is -0.413. The summed E-state index contributed by atoms with van der Waals surface area (Å²) in [5.41, 5.74) is 2.18. The molecule has 0 amide bonds. The number of rotatable bonds is 1. The van der Waals surface area contributed by atoms with Gasteiger partial charge in [0.15, 0.2) is 0 Å². The van der Waals surface area contributed by atoms with Crippen LogP contribution in [0.1, 0.15) is 16.1 Å². The average Bonchev–Trinajstić information content (AvgIpc) is 2.27. The van der Waals surface area contributed by atoms with Gasteiger partial charge in [0, 0.05) is 9.86 Å². The number of esters is 1. The first-order valence-electron chi connectivity index (χ1n) is 4.77. The van der Waals surface area contributed by atoms with Gasteiger partial charge in [-0.25, -0.2) is 9.78 Å². The number of ether oxygens (including phenoxy) is 1. The average molecular weight is 280 g/mol. The SMILES string of the molecule is COC(=O)c1ccc2cc(Br)cc(C)c2n1. The van der Waals surface area contributed by atoms with Crippen molar-refractivity contribution in [3.8, 4) is 0 Å². The largest absolute Gasteiger partial charge is 0.464 e. The number of carbonyl (C=O) groups is 1. The van der Waals surface area contributed by atoms with Crippen molar-refractivity contribution in [2.24, 2.45) is 0 Å². The lowest BCUT2D eigenvalue weighted by atomic mass is 10.1. The molecule has 82 valence electrons. The topological polar surface area (TPSA) is 39.2 Å². The maximum Gasteiger partial charge on any atom is 0.356 e. The summed E-state index contributed by atoms with van der Waals surface area (Å²) in [7, 11) is 1.35. The monoisotopic (exact) mass is 279 g/mol. The fourth-order valence-corrected chi connectivity index (χ4v) is 2.18. The molecule has 0 aliphatic carbocycles. The Hall–Kier alpha value is -1.42. The Balaban J connectivity index is 2.66. The van der Waals surface area contributed by atoms with Gasteiger partial charge in [-0.1, -0.05) is 22.0 Å². The Labute approximate surface area is 102 Å². The van der Waals surface area contributed by atoms with Gasteiger partial charge in [-0.3, -0.25) is 0 Å². The van der Waals surface area contributed by atoms with Gasteiger partial charge >= 0.3 is 5.97 Å². The molecule has 2 rings (SSSR count). The zero-order valence-electron chi connectivity index (χ0n) is 8.95. The van der Waals surface area contributed by atoms with Gasteiger partial charge in [0.2, 0.25) is 0 Å². The highest BCUT2D eigenvalue weighted by Crippen LogP contribution is 2.22. The van der Waals surface area contributed by atoms with Gasteiger partial charge in [0.25, 0.3) is 0 Å². The number of benzene rings is 1. The molecule has 0 spiro atoms. The number of halogens is 1. The number of carbonyl (C=O) groups excluding carboxylic acids is 1. The first-order valence-corrected chi connectivity index (χ1v) is 5.56. The molecule has 1 heterocycles. The van der Waals surface area contributed by atoms with Crippen LogP contribution in [0.25, 0.3) is 10.9 Å². The Bertz CT molecular complexity index is 566. The molecule has 0 aliphatic rings. The van der Waals surface area contributed by atoms with Crippen LogP contribution in [0, 0.1) is 6.92 Å². The molecular weight excluding hydrogens is 270 g/mol. The summed E-state index contributed by atoms with van der Waals surface area (Å²) in [6, 6.07) is 7.47. The molecule has 16 heavy (non-hydrogen) atoms. The molecule has 1 aromatic heterocycles. The predicted molar refractivity (Wildman–Crippen MR) is 65.5 cm³/mol. The predicted octanol–water partition coefficient (Wildman–Crippen LogP) is 3.09. The van der Waals surface area contributed by atoms with E-state index in [1.54, 1.807) is 6.07 Å². The number of hydrogen-bond donors (Lipinski definition) is 0. The van der Waals surface area contributed by atoms with Gasteiger partial charge in [-0.2, -0.15) is 0 Å². The number of pyridine rings is 1. The number of aryl methyl sites for hydroxylation is 1. The van der Waals surface area contributed by atoms with Crippen LogP contribution >= 0.6 is 15.9 Å². The molecule has 0 unspecified atom stereocenters. The van der Waals surface area contributed by atoms with Crippen LogP contribution in [0.3, 0.4) is 0 Å². The van der Waals surface area contributed by atoms with Crippen LogP contribution in [0.4, 0.5) is 0 Å². The lowest BCUT2D eigenvalue weighted by Crippen LogP contribution is -2.04. The molecule has 0 radical (unpaired) electrons. The lowest BCUT2D eigenvalue weighted by Gasteiger charge is -2.04. The third kappa shape index (κ3) is 1.93. The van der Waals surface area contributed by atoms with E-state index in [-0.39, 0.29) is 0 Å². The van der Waals surface area contributed by atoms with Crippen LogP contribution in [-0.4, -0.2) is 18.1 Å². The third-order valence-electron chi connectivity index (χ3n) is 2.34. The van der Waals surface area contributed by atoms with Crippen LogP contribution in [0.5, 0.6) is 0 Å². The number of aromatic nitrogens is 1. The number of fused-ring (bicyclic) bond motifs is 1. The summed E-state index contributed by atoms with van der Waals surface area (Å²) in [5.74, 6) is -0.413. The summed E-state index contributed by atoms with van der Waals surface area (Å²) in [5, 5.41) is 1.000. The third-order valence-corrected chi connectivity index (χ3v) is 2.80. The summed E-state index contributed by atoms with van der Waals surface area (Å²) in [6.07, 6.45) is 0. The fraction of sp³-hybridized carbons (Fsp3) is 0.167. The number of hydrogen-bond acceptors (Lipinski definition) is 3. The van der Waals surface area contributed by atoms with Crippen molar-refractivity contribution < 1.29 is 9.53 Å². The molecule has 0 bridgehead atoms. The smallest absolute Gasteiger partial charge is 0.356 e. The minimum Gasteiger partial charge on any atom is -0.464 e. The Morgan fingerprint density at radius 2 is 2.12 bits per heavy atom. The molecule has 0 N–H and O–H groups in total. The van der Waals surface area contributed by atoms with E-state index in [0.717, 1.165) is 20.9 Å². The minimum absolute atomic E-state index is 0.334. The second kappa shape index (κ2) is 4.22. The van der Waals surface area contributed by atoms with E-state index in [1.807, 2.05) is 25.1 Å². The van der Waals surface area contributed by atoms with Crippen LogP contribution in [-0.2, 0) is 4.74 Å². The summed E-state index contributed by atoms with van der Waals surface area (Å²) >= 11 is 3.42. The standard InChI is InChI=1S/C12H10BrNO2/c1-7-5-9(13)6-8-3-4-10(12(15)16-2)14-11(7)8/h3-6H,1-2H3. The van der Waals surface area contributed by atoms with Crippen LogP contribution in [0.2, 0.25) is 0 Å². The highest BCUT2D eigenvalue weighted by atomic mass is 79.9. The second-order valence-electron chi connectivity index (χ2n) is 3.48. The van der Waals surface area contributed by atoms with E-state index in [0.29, 0.717) is 5.69 Å². The van der Waals surface area contributed by atoms with Gasteiger partial charge in [0.1, 0.15) is 5.69 Å². The molecule has 0 atom stereocenters. The summed E-state index contributed by atoms with van der Waals surface area (Å²) in [4.78, 5) is 15.6. The molecule has 2 aromatic rings. The Morgan fingerprint density at radius 3 is 2.81 bits per heavy atom. The molecule has 3 nitrogen and oxygen atoms in total. The molecule has 0 saturated carbocycles. The first-order chi connectivity index (χ1) is 7.61. The van der Waals surface area contributed by atoms with E-state index in [9.17, 15) is 4.79 Å². The van der Waals surface area contributed by atoms with Crippen molar-refractivity contribution in [1.29, 1.82) is 0 Å². The van der Waals surface area contributed by atoms with E-state index >= 15 is 0 Å². The second-order valence-corrected chi connectivity index (χ2v) is 4.40. The zero-order valence-corrected chi connectivity index (χ0v) is 10.5. The van der Waals surface area contributed by atoms with Gasteiger partial charge in [-0.15, -0.1) is 0 Å². The van der Waals surface area contributed by atoms with Crippen molar-refractivity contribution in [3.63, 3.8) is 0 Å². The molecule has 0 fully saturated rings. The van der Waals surface area contributed by atoms with E-state index in [2.05, 4.69) is 25.7 Å². The quantitative estimate of drug-likeness (QED) is 0.753. The van der Waals surface area contributed by atoms with Crippen LogP contribution in [0.15, 0.2) is 28.7 Å².